The summed E-state index contributed by atoms with van der Waals surface area (Å²) in [5.41, 5.74) is 1.97. The quantitative estimate of drug-likeness (QED) is 0.261. The number of benzene rings is 2. The summed E-state index contributed by atoms with van der Waals surface area (Å²) in [6.07, 6.45) is -0.391. The van der Waals surface area contributed by atoms with Crippen LogP contribution in [0.3, 0.4) is 0 Å². The van der Waals surface area contributed by atoms with E-state index in [2.05, 4.69) is 34.1 Å². The van der Waals surface area contributed by atoms with Gasteiger partial charge in [0, 0.05) is 37.1 Å². The molecule has 1 N–H and O–H groups in total. The maximum Gasteiger partial charge on any atom is 0.491 e. The minimum Gasteiger partial charge on any atom is -0.493 e. The molecule has 2 aromatic carbocycles. The molecule has 1 amide bonds. The Morgan fingerprint density at radius 1 is 1.09 bits per heavy atom. The molecule has 0 bridgehead atoms. The highest BCUT2D eigenvalue weighted by atomic mass is 19.4. The summed E-state index contributed by atoms with van der Waals surface area (Å²) in [5.74, 6) is -3.53. The molecule has 234 valence electrons. The number of methoxy groups -OCH3 is 1. The van der Waals surface area contributed by atoms with Gasteiger partial charge in [-0.1, -0.05) is 12.1 Å². The number of carbonyl (C=O) groups excluding carboxylic acids is 4. The molecule has 0 saturated carbocycles. The van der Waals surface area contributed by atoms with E-state index in [-0.39, 0.29) is 42.0 Å². The molecule has 44 heavy (non-hydrogen) atoms. The van der Waals surface area contributed by atoms with Crippen LogP contribution in [0.25, 0.3) is 0 Å². The molecule has 2 aliphatic heterocycles. The SMILES string of the molecule is COc1ccc2c3c1O[C@H]1C[C@@H](OC(=O)CCCC(=O)Nc4ccc(C(=O)OC(=O)C(F)(F)F)cc4)C=C[C@@]31CCN(C)C2. The number of halogens is 3. The van der Waals surface area contributed by atoms with Crippen molar-refractivity contribution in [1.29, 1.82) is 0 Å². The fraction of sp³-hybridized carbons (Fsp3) is 0.419. The minimum atomic E-state index is -5.30. The number of hydrogen-bond donors (Lipinski definition) is 1. The summed E-state index contributed by atoms with van der Waals surface area (Å²) in [4.78, 5) is 49.7. The molecule has 0 unspecified atom stereocenters. The lowest BCUT2D eigenvalue weighted by Crippen LogP contribution is -2.43. The van der Waals surface area contributed by atoms with E-state index < -0.39 is 36.1 Å². The van der Waals surface area contributed by atoms with Gasteiger partial charge in [-0.3, -0.25) is 9.59 Å². The lowest BCUT2D eigenvalue weighted by Gasteiger charge is -2.36. The third kappa shape index (κ3) is 6.42. The Hall–Kier alpha value is -4.39. The number of hydrogen-bond acceptors (Lipinski definition) is 9. The Balaban J connectivity index is 1.10. The van der Waals surface area contributed by atoms with Gasteiger partial charge in [0.25, 0.3) is 0 Å². The van der Waals surface area contributed by atoms with E-state index in [1.807, 2.05) is 12.1 Å². The molecule has 13 heteroatoms. The largest absolute Gasteiger partial charge is 0.493 e. The highest BCUT2D eigenvalue weighted by molar-refractivity contribution is 5.99. The Kier molecular flexibility index (Phi) is 8.69. The molecule has 3 aliphatic rings. The van der Waals surface area contributed by atoms with Gasteiger partial charge in [-0.2, -0.15) is 13.2 Å². The van der Waals surface area contributed by atoms with Gasteiger partial charge in [-0.15, -0.1) is 0 Å². The lowest BCUT2D eigenvalue weighted by atomic mass is 9.69. The Morgan fingerprint density at radius 3 is 2.55 bits per heavy atom. The van der Waals surface area contributed by atoms with Crippen molar-refractivity contribution in [3.63, 3.8) is 0 Å². The third-order valence-electron chi connectivity index (χ3n) is 8.02. The minimum absolute atomic E-state index is 0.000268. The first-order valence-corrected chi connectivity index (χ1v) is 14.1. The van der Waals surface area contributed by atoms with Crippen molar-refractivity contribution in [1.82, 2.24) is 4.90 Å². The number of ether oxygens (including phenoxy) is 4. The van der Waals surface area contributed by atoms with Gasteiger partial charge in [0.05, 0.1) is 18.1 Å². The Labute approximate surface area is 251 Å². The third-order valence-corrected chi connectivity index (χ3v) is 8.02. The van der Waals surface area contributed by atoms with Gasteiger partial charge in [-0.25, -0.2) is 9.59 Å². The number of esters is 3. The number of nitrogens with zero attached hydrogens (tertiary/aromatic N) is 1. The fourth-order valence-electron chi connectivity index (χ4n) is 5.89. The Bertz CT molecular complexity index is 1490. The van der Waals surface area contributed by atoms with E-state index in [9.17, 15) is 32.3 Å². The zero-order chi connectivity index (χ0) is 31.6. The molecule has 0 radical (unpaired) electrons. The molecule has 2 aromatic rings. The van der Waals surface area contributed by atoms with Crippen LogP contribution < -0.4 is 14.8 Å². The van der Waals surface area contributed by atoms with Gasteiger partial charge in [0.1, 0.15) is 12.2 Å². The van der Waals surface area contributed by atoms with E-state index in [0.29, 0.717) is 12.2 Å². The zero-order valence-corrected chi connectivity index (χ0v) is 24.1. The molecule has 2 heterocycles. The molecular formula is C31H31F3N2O8. The van der Waals surface area contributed by atoms with E-state index in [4.69, 9.17) is 14.2 Å². The van der Waals surface area contributed by atoms with Crippen molar-refractivity contribution in [3.8, 4) is 11.5 Å². The second kappa shape index (κ2) is 12.3. The van der Waals surface area contributed by atoms with Crippen LogP contribution >= 0.6 is 0 Å². The second-order valence-corrected chi connectivity index (χ2v) is 11.0. The maximum atomic E-state index is 12.6. The van der Waals surface area contributed by atoms with Crippen LogP contribution in [0.5, 0.6) is 11.5 Å². The summed E-state index contributed by atoms with van der Waals surface area (Å²) in [6, 6.07) is 8.77. The first-order chi connectivity index (χ1) is 20.9. The van der Waals surface area contributed by atoms with E-state index in [1.165, 1.54) is 17.7 Å². The predicted octanol–water partition coefficient (Wildman–Crippen LogP) is 4.46. The van der Waals surface area contributed by atoms with Crippen molar-refractivity contribution in [2.45, 2.75) is 62.4 Å². The van der Waals surface area contributed by atoms with Crippen LogP contribution in [0.2, 0.25) is 0 Å². The fourth-order valence-corrected chi connectivity index (χ4v) is 5.89. The van der Waals surface area contributed by atoms with Crippen LogP contribution in [-0.2, 0) is 35.8 Å². The van der Waals surface area contributed by atoms with E-state index in [0.717, 1.165) is 43.0 Å². The number of nitrogens with one attached hydrogen (secondary N) is 1. The van der Waals surface area contributed by atoms with Crippen LogP contribution in [0.4, 0.5) is 18.9 Å². The molecule has 0 aromatic heterocycles. The van der Waals surface area contributed by atoms with Crippen LogP contribution in [0.1, 0.15) is 53.6 Å². The normalized spacial score (nSPS) is 22.1. The van der Waals surface area contributed by atoms with E-state index >= 15 is 0 Å². The van der Waals surface area contributed by atoms with Gasteiger partial charge >= 0.3 is 24.1 Å². The van der Waals surface area contributed by atoms with Gasteiger partial charge in [-0.05, 0) is 68.4 Å². The lowest BCUT2D eigenvalue weighted by molar-refractivity contribution is -0.193. The number of alkyl halides is 3. The van der Waals surface area contributed by atoms with Gasteiger partial charge in [0.15, 0.2) is 11.5 Å². The Morgan fingerprint density at radius 2 is 1.84 bits per heavy atom. The van der Waals surface area contributed by atoms with Crippen molar-refractivity contribution in [3.05, 3.63) is 65.2 Å². The summed E-state index contributed by atoms with van der Waals surface area (Å²) in [7, 11) is 3.70. The number of rotatable bonds is 8. The summed E-state index contributed by atoms with van der Waals surface area (Å²) in [6.45, 7) is 1.68. The van der Waals surface area contributed by atoms with Crippen molar-refractivity contribution >= 4 is 29.5 Å². The average Bonchev–Trinajstić information content (AvgIpc) is 3.23. The highest BCUT2D eigenvalue weighted by Crippen LogP contribution is 2.55. The van der Waals surface area contributed by atoms with Crippen molar-refractivity contribution < 1.29 is 51.3 Å². The number of amides is 1. The van der Waals surface area contributed by atoms with Gasteiger partial charge < -0.3 is 29.2 Å². The second-order valence-electron chi connectivity index (χ2n) is 11.0. The smallest absolute Gasteiger partial charge is 0.491 e. The monoisotopic (exact) mass is 616 g/mol. The molecule has 3 atom stereocenters. The van der Waals surface area contributed by atoms with Crippen LogP contribution in [-0.4, -0.2) is 67.8 Å². The maximum absolute atomic E-state index is 12.6. The van der Waals surface area contributed by atoms with Crippen LogP contribution in [0, 0.1) is 0 Å². The molecular weight excluding hydrogens is 585 g/mol. The number of carbonyl (C=O) groups is 4. The van der Waals surface area contributed by atoms with Gasteiger partial charge in [0.2, 0.25) is 5.91 Å². The average molecular weight is 617 g/mol. The topological polar surface area (TPSA) is 120 Å². The highest BCUT2D eigenvalue weighted by Gasteiger charge is 2.53. The number of anilines is 1. The van der Waals surface area contributed by atoms with Crippen molar-refractivity contribution in [2.24, 2.45) is 0 Å². The molecule has 5 rings (SSSR count). The molecule has 0 fully saturated rings. The first-order valence-electron chi connectivity index (χ1n) is 14.1. The standard InChI is InChI=1S/C31H31F3N2O8/c1-36-15-14-30-13-12-21(16-23(30)43-27-22(41-2)11-8-19(17-36)26(27)30)42-25(38)5-3-4-24(37)35-20-9-6-18(7-10-20)28(39)44-29(40)31(32,33)34/h6-13,21,23H,3-5,14-17H2,1-2H3,(H,35,37)/t21-,23-,30-/m0/s1. The summed E-state index contributed by atoms with van der Waals surface area (Å²) < 4.78 is 58.3. The van der Waals surface area contributed by atoms with E-state index in [1.54, 1.807) is 7.11 Å². The predicted molar refractivity (Wildman–Crippen MR) is 149 cm³/mol. The summed E-state index contributed by atoms with van der Waals surface area (Å²) >= 11 is 0. The van der Waals surface area contributed by atoms with Crippen LogP contribution in [0.15, 0.2) is 48.6 Å². The zero-order valence-electron chi connectivity index (χ0n) is 24.1. The first kappa shape index (κ1) is 31.0. The molecule has 10 nitrogen and oxygen atoms in total. The van der Waals surface area contributed by atoms with Crippen molar-refractivity contribution in [2.75, 3.05) is 26.0 Å². The molecule has 1 aliphatic carbocycles. The molecule has 1 spiro atoms. The summed E-state index contributed by atoms with van der Waals surface area (Å²) in [5, 5.41) is 2.57. The molecule has 0 saturated heterocycles.